The summed E-state index contributed by atoms with van der Waals surface area (Å²) in [6.07, 6.45) is 3.71. The van der Waals surface area contributed by atoms with Gasteiger partial charge in [0.2, 0.25) is 15.9 Å². The second kappa shape index (κ2) is 9.22. The number of hydrogen-bond acceptors (Lipinski definition) is 7. The molecule has 2 aromatic rings. The van der Waals surface area contributed by atoms with Crippen LogP contribution >= 0.6 is 0 Å². The van der Waals surface area contributed by atoms with Crippen LogP contribution in [0.5, 0.6) is 5.75 Å². The van der Waals surface area contributed by atoms with Crippen molar-refractivity contribution in [3.8, 4) is 5.75 Å². The van der Waals surface area contributed by atoms with E-state index in [9.17, 15) is 23.3 Å². The highest BCUT2D eigenvalue weighted by atomic mass is 32.2. The summed E-state index contributed by atoms with van der Waals surface area (Å²) in [5.41, 5.74) is -0.395. The van der Waals surface area contributed by atoms with Gasteiger partial charge >= 0.3 is 0 Å². The number of nitrogens with zero attached hydrogens (tertiary/aromatic N) is 2. The minimum absolute atomic E-state index is 0.0788. The highest BCUT2D eigenvalue weighted by Crippen LogP contribution is 2.33. The number of non-ortho nitro benzene ring substituents is 1. The highest BCUT2D eigenvalue weighted by molar-refractivity contribution is 7.92. The molecule has 0 radical (unpaired) electrons. The number of nitrogens with one attached hydrogen (secondary N) is 1. The van der Waals surface area contributed by atoms with Crippen LogP contribution in [0.1, 0.15) is 12.2 Å². The van der Waals surface area contributed by atoms with E-state index >= 15 is 0 Å². The maximum Gasteiger partial charge on any atom is 0.271 e. The average molecular weight is 411 g/mol. The minimum Gasteiger partial charge on any atom is -0.495 e. The van der Waals surface area contributed by atoms with Gasteiger partial charge in [0.05, 0.1) is 24.6 Å². The molecule has 0 saturated carbocycles. The van der Waals surface area contributed by atoms with Gasteiger partial charge in [-0.3, -0.25) is 19.2 Å². The Hall–Kier alpha value is -3.08. The fourth-order valence-corrected chi connectivity index (χ4v) is 3.35. The molecule has 0 aliphatic rings. The van der Waals surface area contributed by atoms with Crippen LogP contribution in [0, 0.1) is 10.1 Å². The van der Waals surface area contributed by atoms with Crippen LogP contribution < -0.4 is 14.4 Å². The van der Waals surface area contributed by atoms with E-state index in [4.69, 9.17) is 9.15 Å². The monoisotopic (exact) mass is 411 g/mol. The number of amides is 1. The zero-order valence-corrected chi connectivity index (χ0v) is 16.3. The van der Waals surface area contributed by atoms with Gasteiger partial charge in [-0.15, -0.1) is 0 Å². The molecule has 0 unspecified atom stereocenters. The number of carbonyl (C=O) groups excluding carboxylic acids is 1. The molecule has 0 bridgehead atoms. The van der Waals surface area contributed by atoms with E-state index in [0.29, 0.717) is 19.4 Å². The van der Waals surface area contributed by atoms with Gasteiger partial charge in [0.15, 0.2) is 0 Å². The number of benzene rings is 1. The molecule has 0 atom stereocenters. The number of hydrogen-bond donors (Lipinski definition) is 1. The molecule has 152 valence electrons. The van der Waals surface area contributed by atoms with Gasteiger partial charge in [0, 0.05) is 25.1 Å². The second-order valence-corrected chi connectivity index (χ2v) is 7.82. The van der Waals surface area contributed by atoms with Crippen molar-refractivity contribution in [2.75, 3.05) is 30.8 Å². The highest BCUT2D eigenvalue weighted by Gasteiger charge is 2.26. The summed E-state index contributed by atoms with van der Waals surface area (Å²) in [4.78, 5) is 22.6. The molecule has 10 nitrogen and oxygen atoms in total. The number of ether oxygens (including phenoxy) is 1. The largest absolute Gasteiger partial charge is 0.495 e. The summed E-state index contributed by atoms with van der Waals surface area (Å²) in [7, 11) is -2.59. The number of furan rings is 1. The first-order chi connectivity index (χ1) is 13.2. The Kier molecular flexibility index (Phi) is 6.99. The Morgan fingerprint density at radius 1 is 1.36 bits per heavy atom. The molecule has 1 N–H and O–H groups in total. The van der Waals surface area contributed by atoms with E-state index in [0.717, 1.165) is 22.4 Å². The molecular formula is C17H21N3O7S. The lowest BCUT2D eigenvalue weighted by Crippen LogP contribution is -2.40. The van der Waals surface area contributed by atoms with Crippen LogP contribution in [0.2, 0.25) is 0 Å². The lowest BCUT2D eigenvalue weighted by molar-refractivity contribution is -0.384. The number of anilines is 1. The number of carbonyl (C=O) groups is 1. The molecule has 0 fully saturated rings. The zero-order chi connectivity index (χ0) is 20.7. The molecule has 1 aromatic carbocycles. The van der Waals surface area contributed by atoms with Crippen LogP contribution in [0.4, 0.5) is 11.4 Å². The van der Waals surface area contributed by atoms with Gasteiger partial charge < -0.3 is 14.5 Å². The molecule has 28 heavy (non-hydrogen) atoms. The van der Waals surface area contributed by atoms with Crippen molar-refractivity contribution in [1.29, 1.82) is 0 Å². The minimum atomic E-state index is -3.90. The van der Waals surface area contributed by atoms with Gasteiger partial charge in [-0.05, 0) is 24.6 Å². The van der Waals surface area contributed by atoms with Crippen molar-refractivity contribution < 1.29 is 27.3 Å². The fourth-order valence-electron chi connectivity index (χ4n) is 2.50. The summed E-state index contributed by atoms with van der Waals surface area (Å²) < 4.78 is 35.5. The summed E-state index contributed by atoms with van der Waals surface area (Å²) in [6.45, 7) is -0.208. The van der Waals surface area contributed by atoms with Crippen LogP contribution in [0.25, 0.3) is 0 Å². The third-order valence-electron chi connectivity index (χ3n) is 3.83. The first-order valence-corrected chi connectivity index (χ1v) is 10.2. The van der Waals surface area contributed by atoms with Crippen molar-refractivity contribution >= 4 is 27.3 Å². The van der Waals surface area contributed by atoms with Crippen molar-refractivity contribution in [1.82, 2.24) is 5.32 Å². The number of nitro groups is 1. The first-order valence-electron chi connectivity index (χ1n) is 8.31. The molecule has 1 heterocycles. The van der Waals surface area contributed by atoms with Crippen molar-refractivity contribution in [3.63, 3.8) is 0 Å². The molecule has 0 saturated heterocycles. The van der Waals surface area contributed by atoms with Crippen molar-refractivity contribution in [2.45, 2.75) is 12.8 Å². The van der Waals surface area contributed by atoms with Crippen molar-refractivity contribution in [3.05, 3.63) is 52.5 Å². The number of sulfonamides is 1. The van der Waals surface area contributed by atoms with Gasteiger partial charge in [-0.1, -0.05) is 0 Å². The Bertz CT molecular complexity index is 926. The Balaban J connectivity index is 2.10. The maximum absolute atomic E-state index is 12.2. The molecule has 0 aliphatic heterocycles. The molecular weight excluding hydrogens is 390 g/mol. The van der Waals surface area contributed by atoms with Crippen LogP contribution in [-0.4, -0.2) is 45.7 Å². The normalized spacial score (nSPS) is 11.1. The van der Waals surface area contributed by atoms with E-state index in [1.165, 1.54) is 19.2 Å². The third-order valence-corrected chi connectivity index (χ3v) is 4.96. The maximum atomic E-state index is 12.2. The average Bonchev–Trinajstić information content (AvgIpc) is 3.15. The van der Waals surface area contributed by atoms with E-state index in [1.54, 1.807) is 12.3 Å². The van der Waals surface area contributed by atoms with E-state index in [-0.39, 0.29) is 17.1 Å². The standard InChI is InChI=1S/C17H21N3O7S/c1-26-16-8-7-13(20(22)23)11-15(16)19(28(2,24)25)12-17(21)18-9-3-5-14-6-4-10-27-14/h4,6-8,10-11H,3,5,9,12H2,1-2H3,(H,18,21). The lowest BCUT2D eigenvalue weighted by Gasteiger charge is -2.23. The summed E-state index contributed by atoms with van der Waals surface area (Å²) in [6, 6.07) is 7.13. The van der Waals surface area contributed by atoms with Crippen LogP contribution in [0.3, 0.4) is 0 Å². The Morgan fingerprint density at radius 3 is 2.68 bits per heavy atom. The fraction of sp³-hybridized carbons (Fsp3) is 0.353. The molecule has 1 amide bonds. The second-order valence-electron chi connectivity index (χ2n) is 5.92. The lowest BCUT2D eigenvalue weighted by atomic mass is 10.2. The quantitative estimate of drug-likeness (QED) is 0.357. The molecule has 11 heteroatoms. The number of aryl methyl sites for hydroxylation is 1. The predicted octanol–water partition coefficient (Wildman–Crippen LogP) is 1.71. The first kappa shape index (κ1) is 21.2. The molecule has 1 aromatic heterocycles. The van der Waals surface area contributed by atoms with Crippen molar-refractivity contribution in [2.24, 2.45) is 0 Å². The van der Waals surface area contributed by atoms with Gasteiger partial charge in [-0.25, -0.2) is 8.42 Å². The SMILES string of the molecule is COc1ccc([N+](=O)[O-])cc1N(CC(=O)NCCCc1ccco1)S(C)(=O)=O. The van der Waals surface area contributed by atoms with E-state index in [2.05, 4.69) is 5.32 Å². The summed E-state index contributed by atoms with van der Waals surface area (Å²) in [5.74, 6) is 0.341. The molecule has 0 aliphatic carbocycles. The van der Waals surface area contributed by atoms with Crippen LogP contribution in [-0.2, 0) is 21.2 Å². The number of nitro benzene ring substituents is 1. The summed E-state index contributed by atoms with van der Waals surface area (Å²) >= 11 is 0. The van der Waals surface area contributed by atoms with Gasteiger partial charge in [0.1, 0.15) is 23.7 Å². The van der Waals surface area contributed by atoms with Gasteiger partial charge in [0.25, 0.3) is 5.69 Å². The zero-order valence-electron chi connectivity index (χ0n) is 15.5. The predicted molar refractivity (Wildman–Crippen MR) is 102 cm³/mol. The molecule has 0 spiro atoms. The van der Waals surface area contributed by atoms with E-state index in [1.807, 2.05) is 6.07 Å². The Labute approximate surface area is 162 Å². The van der Waals surface area contributed by atoms with Gasteiger partial charge in [-0.2, -0.15) is 0 Å². The number of rotatable bonds is 10. The molecule has 2 rings (SSSR count). The van der Waals surface area contributed by atoms with E-state index < -0.39 is 27.4 Å². The Morgan fingerprint density at radius 2 is 2.11 bits per heavy atom. The van der Waals surface area contributed by atoms with Crippen LogP contribution in [0.15, 0.2) is 41.0 Å². The topological polar surface area (TPSA) is 132 Å². The smallest absolute Gasteiger partial charge is 0.271 e. The number of methoxy groups -OCH3 is 1. The summed E-state index contributed by atoms with van der Waals surface area (Å²) in [5, 5.41) is 13.7. The third kappa shape index (κ3) is 5.71.